The molecule has 0 atom stereocenters. The molecular weight excluding hydrogens is 174 g/mol. The summed E-state index contributed by atoms with van der Waals surface area (Å²) in [5, 5.41) is 15.7. The average Bonchev–Trinajstić information content (AvgIpc) is 2.05. The number of hydrogen-bond donors (Lipinski definition) is 3. The smallest absolute Gasteiger partial charge is 0.402 e. The lowest BCUT2D eigenvalue weighted by Gasteiger charge is -2.16. The average molecular weight is 189 g/mol. The Morgan fingerprint density at radius 2 is 1.46 bits per heavy atom. The molecule has 1 rings (SSSR count). The Bertz CT molecular complexity index is 171. The molecule has 0 spiro atoms. The van der Waals surface area contributed by atoms with Crippen molar-refractivity contribution in [3.8, 4) is 0 Å². The maximum Gasteiger partial charge on any atom is 0.402 e. The largest absolute Gasteiger partial charge is 0.481 e. The van der Waals surface area contributed by atoms with Crippen molar-refractivity contribution in [3.63, 3.8) is 0 Å². The van der Waals surface area contributed by atoms with E-state index < -0.39 is 12.1 Å². The zero-order valence-electron chi connectivity index (χ0n) is 7.40. The molecule has 0 saturated heterocycles. The van der Waals surface area contributed by atoms with E-state index >= 15 is 0 Å². The third kappa shape index (κ3) is 7.11. The molecule has 0 radical (unpaired) electrons. The molecule has 0 heterocycles. The highest BCUT2D eigenvalue weighted by Gasteiger charge is 2.19. The van der Waals surface area contributed by atoms with E-state index in [0.717, 1.165) is 25.7 Å². The first-order valence-electron chi connectivity index (χ1n) is 4.25. The summed E-state index contributed by atoms with van der Waals surface area (Å²) in [5.41, 5.74) is 4.03. The van der Waals surface area contributed by atoms with Crippen LogP contribution in [0.1, 0.15) is 32.1 Å². The van der Waals surface area contributed by atoms with E-state index in [2.05, 4.69) is 5.73 Å². The Kier molecular flexibility index (Phi) is 5.67. The van der Waals surface area contributed by atoms with Gasteiger partial charge in [0.2, 0.25) is 0 Å². The van der Waals surface area contributed by atoms with Crippen LogP contribution in [0.5, 0.6) is 0 Å². The van der Waals surface area contributed by atoms with Crippen molar-refractivity contribution in [2.75, 3.05) is 0 Å². The maximum atomic E-state index is 10.4. The van der Waals surface area contributed by atoms with Gasteiger partial charge in [0.1, 0.15) is 0 Å². The van der Waals surface area contributed by atoms with Gasteiger partial charge in [-0.15, -0.1) is 0 Å². The quantitative estimate of drug-likeness (QED) is 0.578. The second-order valence-electron chi connectivity index (χ2n) is 3.01. The summed E-state index contributed by atoms with van der Waals surface area (Å²) in [4.78, 5) is 19.1. The van der Waals surface area contributed by atoms with Gasteiger partial charge in [-0.3, -0.25) is 4.79 Å². The van der Waals surface area contributed by atoms with Crippen molar-refractivity contribution < 1.29 is 19.8 Å². The zero-order valence-corrected chi connectivity index (χ0v) is 7.40. The van der Waals surface area contributed by atoms with E-state index in [1.807, 2.05) is 0 Å². The molecule has 1 fully saturated rings. The predicted octanol–water partition coefficient (Wildman–Crippen LogP) is 1.27. The molecule has 0 aromatic heterocycles. The monoisotopic (exact) mass is 189 g/mol. The standard InChI is InChI=1S/C7H12O2.CH3NO2/c8-7(9)6-4-2-1-3-5-6;2-1(3)4/h6H,1-5H2,(H,8,9);2H2,(H,3,4). The number of carboxylic acids is 1. The van der Waals surface area contributed by atoms with E-state index in [0.29, 0.717) is 0 Å². The fourth-order valence-electron chi connectivity index (χ4n) is 1.35. The van der Waals surface area contributed by atoms with E-state index in [1.54, 1.807) is 0 Å². The van der Waals surface area contributed by atoms with Crippen LogP contribution in [-0.2, 0) is 4.79 Å². The molecule has 4 N–H and O–H groups in total. The minimum atomic E-state index is -1.33. The molecule has 0 aliphatic heterocycles. The van der Waals surface area contributed by atoms with Gasteiger partial charge in [-0.2, -0.15) is 0 Å². The zero-order chi connectivity index (χ0) is 10.3. The highest BCUT2D eigenvalue weighted by molar-refractivity contribution is 5.69. The molecule has 5 heteroatoms. The number of carboxylic acid groups (broad SMARTS) is 2. The van der Waals surface area contributed by atoms with Gasteiger partial charge in [-0.25, -0.2) is 4.79 Å². The predicted molar refractivity (Wildman–Crippen MR) is 46.4 cm³/mol. The van der Waals surface area contributed by atoms with Gasteiger partial charge in [0.05, 0.1) is 5.92 Å². The summed E-state index contributed by atoms with van der Waals surface area (Å²) >= 11 is 0. The third-order valence-electron chi connectivity index (χ3n) is 1.95. The molecule has 0 unspecified atom stereocenters. The first-order valence-corrected chi connectivity index (χ1v) is 4.25. The molecule has 1 aliphatic rings. The Hall–Kier alpha value is -1.26. The number of carbonyl (C=O) groups is 2. The summed E-state index contributed by atoms with van der Waals surface area (Å²) in [5.74, 6) is -0.631. The first-order chi connectivity index (χ1) is 6.04. The summed E-state index contributed by atoms with van der Waals surface area (Å²) in [6, 6.07) is 0. The van der Waals surface area contributed by atoms with E-state index in [1.165, 1.54) is 6.42 Å². The molecule has 13 heavy (non-hydrogen) atoms. The van der Waals surface area contributed by atoms with Crippen LogP contribution in [0.4, 0.5) is 4.79 Å². The van der Waals surface area contributed by atoms with Crippen LogP contribution in [0.15, 0.2) is 0 Å². The Morgan fingerprint density at radius 3 is 1.69 bits per heavy atom. The highest BCUT2D eigenvalue weighted by atomic mass is 16.4. The molecule has 0 bridgehead atoms. The Morgan fingerprint density at radius 1 is 1.08 bits per heavy atom. The topological polar surface area (TPSA) is 101 Å². The van der Waals surface area contributed by atoms with E-state index in [9.17, 15) is 4.79 Å². The van der Waals surface area contributed by atoms with Crippen molar-refractivity contribution >= 4 is 12.1 Å². The van der Waals surface area contributed by atoms with Gasteiger partial charge in [0, 0.05) is 0 Å². The SMILES string of the molecule is NC(=O)O.O=C(O)C1CCCCC1. The van der Waals surface area contributed by atoms with Crippen LogP contribution in [0.3, 0.4) is 0 Å². The Labute approximate surface area is 76.5 Å². The van der Waals surface area contributed by atoms with Crippen molar-refractivity contribution in [1.82, 2.24) is 0 Å². The summed E-state index contributed by atoms with van der Waals surface area (Å²) in [6.07, 6.45) is 3.91. The number of primary amides is 1. The van der Waals surface area contributed by atoms with Crippen LogP contribution >= 0.6 is 0 Å². The molecular formula is C8H15NO4. The fraction of sp³-hybridized carbons (Fsp3) is 0.750. The van der Waals surface area contributed by atoms with E-state index in [4.69, 9.17) is 15.0 Å². The first kappa shape index (κ1) is 11.7. The van der Waals surface area contributed by atoms with Crippen LogP contribution in [-0.4, -0.2) is 22.3 Å². The molecule has 1 amide bonds. The molecule has 1 aliphatic carbocycles. The van der Waals surface area contributed by atoms with Gasteiger partial charge in [-0.1, -0.05) is 19.3 Å². The minimum Gasteiger partial charge on any atom is -0.481 e. The molecule has 5 nitrogen and oxygen atoms in total. The van der Waals surface area contributed by atoms with Crippen LogP contribution in [0.25, 0.3) is 0 Å². The number of amides is 1. The van der Waals surface area contributed by atoms with Crippen molar-refractivity contribution in [2.24, 2.45) is 11.7 Å². The van der Waals surface area contributed by atoms with Crippen LogP contribution in [0, 0.1) is 5.92 Å². The number of rotatable bonds is 1. The summed E-state index contributed by atoms with van der Waals surface area (Å²) < 4.78 is 0. The highest BCUT2D eigenvalue weighted by Crippen LogP contribution is 2.23. The molecule has 76 valence electrons. The lowest BCUT2D eigenvalue weighted by atomic mass is 9.90. The molecule has 0 aromatic rings. The number of nitrogens with two attached hydrogens (primary N) is 1. The summed E-state index contributed by atoms with van der Waals surface area (Å²) in [7, 11) is 0. The van der Waals surface area contributed by atoms with Crippen LogP contribution in [0.2, 0.25) is 0 Å². The lowest BCUT2D eigenvalue weighted by Crippen LogP contribution is -2.16. The summed E-state index contributed by atoms with van der Waals surface area (Å²) in [6.45, 7) is 0. The number of hydrogen-bond acceptors (Lipinski definition) is 2. The van der Waals surface area contributed by atoms with Crippen LogP contribution < -0.4 is 5.73 Å². The molecule has 0 aromatic carbocycles. The Balaban J connectivity index is 0.000000310. The van der Waals surface area contributed by atoms with Gasteiger partial charge < -0.3 is 15.9 Å². The van der Waals surface area contributed by atoms with Crippen molar-refractivity contribution in [1.29, 1.82) is 0 Å². The fourth-order valence-corrected chi connectivity index (χ4v) is 1.35. The minimum absolute atomic E-state index is 0.0289. The van der Waals surface area contributed by atoms with E-state index in [-0.39, 0.29) is 5.92 Å². The maximum absolute atomic E-state index is 10.4. The van der Waals surface area contributed by atoms with Gasteiger partial charge >= 0.3 is 12.1 Å². The van der Waals surface area contributed by atoms with Gasteiger partial charge in [-0.05, 0) is 12.8 Å². The number of aliphatic carboxylic acids is 1. The molecule has 1 saturated carbocycles. The lowest BCUT2D eigenvalue weighted by molar-refractivity contribution is -0.142. The second-order valence-corrected chi connectivity index (χ2v) is 3.01. The van der Waals surface area contributed by atoms with Crippen molar-refractivity contribution in [2.45, 2.75) is 32.1 Å². The second kappa shape index (κ2) is 6.28. The van der Waals surface area contributed by atoms with Gasteiger partial charge in [0.15, 0.2) is 0 Å². The van der Waals surface area contributed by atoms with Crippen molar-refractivity contribution in [3.05, 3.63) is 0 Å². The third-order valence-corrected chi connectivity index (χ3v) is 1.95. The normalized spacial score (nSPS) is 16.9. The van der Waals surface area contributed by atoms with Gasteiger partial charge in [0.25, 0.3) is 0 Å².